The van der Waals surface area contributed by atoms with Crippen LogP contribution in [0.4, 0.5) is 26.3 Å². The fraction of sp³-hybridized carbons (Fsp3) is 0.429. The lowest BCUT2D eigenvalue weighted by Crippen LogP contribution is -2.48. The normalized spacial score (nSPS) is 13.4. The maximum absolute atomic E-state index is 15.5. The highest BCUT2D eigenvalue weighted by atomic mass is 28.4. The van der Waals surface area contributed by atoms with E-state index < -0.39 is 59.7 Å². The number of rotatable bonds is 12. The smallest absolute Gasteiger partial charge is 0.258 e. The molecule has 196 valence electrons. The summed E-state index contributed by atoms with van der Waals surface area (Å²) in [5.74, 6) is -11.6. The highest BCUT2D eigenvalue weighted by Crippen LogP contribution is 2.40. The van der Waals surface area contributed by atoms with E-state index in [2.05, 4.69) is 6.92 Å². The van der Waals surface area contributed by atoms with E-state index in [9.17, 15) is 17.6 Å². The molecule has 1 unspecified atom stereocenters. The summed E-state index contributed by atoms with van der Waals surface area (Å²) in [7, 11) is -3.04. The van der Waals surface area contributed by atoms with E-state index in [1.165, 1.54) is 0 Å². The van der Waals surface area contributed by atoms with Crippen molar-refractivity contribution < 1.29 is 30.8 Å². The predicted octanol–water partition coefficient (Wildman–Crippen LogP) is 9.55. The van der Waals surface area contributed by atoms with Gasteiger partial charge in [0.2, 0.25) is 5.82 Å². The van der Waals surface area contributed by atoms with E-state index in [-0.39, 0.29) is 5.54 Å². The Morgan fingerprint density at radius 3 is 2.00 bits per heavy atom. The van der Waals surface area contributed by atoms with Crippen LogP contribution < -0.4 is 4.43 Å². The fourth-order valence-electron chi connectivity index (χ4n) is 4.64. The van der Waals surface area contributed by atoms with Crippen molar-refractivity contribution in [2.75, 3.05) is 0 Å². The molecule has 3 aromatic rings. The molecule has 0 saturated heterocycles. The molecule has 1 atom stereocenters. The number of hydrogen-bond donors (Lipinski definition) is 0. The molecule has 1 nitrogen and oxygen atoms in total. The summed E-state index contributed by atoms with van der Waals surface area (Å²) in [5.41, 5.74) is 0.803. The van der Waals surface area contributed by atoms with E-state index in [1.807, 2.05) is 44.2 Å². The molecule has 0 N–H and O–H groups in total. The minimum atomic E-state index is -3.04. The molecule has 0 fully saturated rings. The Morgan fingerprint density at radius 1 is 0.750 bits per heavy atom. The number of unbranched alkanes of at least 4 members (excludes halogenated alkanes) is 5. The van der Waals surface area contributed by atoms with Gasteiger partial charge in [0.1, 0.15) is 0 Å². The fourth-order valence-corrected chi connectivity index (χ4v) is 8.57. The standard InChI is InChI=1S/C28H32F6OSi/c1-4-5-6-7-8-12-15-36(18(2)3,17-19-13-10-9-11-14-19)35-28-23(30)20-16-21(29)24(31)25(32)22(20)26(33)27(28)34/h9-11,13-14,16,18H,4-8,12,15,17H2,1-3H3. The minimum Gasteiger partial charge on any atom is -0.539 e. The van der Waals surface area contributed by atoms with Crippen LogP contribution in [0.15, 0.2) is 36.4 Å². The summed E-state index contributed by atoms with van der Waals surface area (Å²) < 4.78 is 93.5. The Bertz CT molecular complexity index is 1180. The molecule has 3 aromatic carbocycles. The summed E-state index contributed by atoms with van der Waals surface area (Å²) in [6.45, 7) is 5.95. The monoisotopic (exact) mass is 526 g/mol. The first-order valence-corrected chi connectivity index (χ1v) is 14.9. The summed E-state index contributed by atoms with van der Waals surface area (Å²) in [6.07, 6.45) is 6.06. The van der Waals surface area contributed by atoms with Gasteiger partial charge in [-0.2, -0.15) is 4.39 Å². The average molecular weight is 527 g/mol. The lowest BCUT2D eigenvalue weighted by atomic mass is 10.1. The molecule has 0 bridgehead atoms. The number of halogens is 6. The molecule has 0 spiro atoms. The van der Waals surface area contributed by atoms with Gasteiger partial charge in [-0.3, -0.25) is 0 Å². The SMILES string of the molecule is CCCCCCCC[Si](Cc1ccccc1)(Oc1c(F)c(F)c2c(F)c(F)c(F)cc2c1F)C(C)C. The van der Waals surface area contributed by atoms with Crippen LogP contribution in [0.3, 0.4) is 0 Å². The highest BCUT2D eigenvalue weighted by Gasteiger charge is 2.42. The van der Waals surface area contributed by atoms with Crippen molar-refractivity contribution in [2.24, 2.45) is 0 Å². The van der Waals surface area contributed by atoms with Gasteiger partial charge >= 0.3 is 0 Å². The first-order valence-electron chi connectivity index (χ1n) is 12.5. The molecule has 0 saturated carbocycles. The van der Waals surface area contributed by atoms with Gasteiger partial charge in [0.25, 0.3) is 8.32 Å². The quantitative estimate of drug-likeness (QED) is 0.0751. The third-order valence-corrected chi connectivity index (χ3v) is 11.8. The first-order chi connectivity index (χ1) is 17.1. The van der Waals surface area contributed by atoms with Crippen molar-refractivity contribution in [3.63, 3.8) is 0 Å². The molecule has 0 heterocycles. The molecule has 36 heavy (non-hydrogen) atoms. The van der Waals surface area contributed by atoms with Gasteiger partial charge < -0.3 is 4.43 Å². The summed E-state index contributed by atoms with van der Waals surface area (Å²) in [6, 6.07) is 10.7. The van der Waals surface area contributed by atoms with Crippen LogP contribution in [-0.2, 0) is 6.04 Å². The Hall–Kier alpha value is -2.48. The second kappa shape index (κ2) is 12.2. The van der Waals surface area contributed by atoms with Crippen LogP contribution in [0, 0.1) is 34.9 Å². The second-order valence-corrected chi connectivity index (χ2v) is 14.0. The zero-order valence-corrected chi connectivity index (χ0v) is 21.9. The molecule has 0 radical (unpaired) electrons. The van der Waals surface area contributed by atoms with Crippen LogP contribution >= 0.6 is 0 Å². The molecule has 0 aromatic heterocycles. The van der Waals surface area contributed by atoms with Crippen molar-refractivity contribution >= 4 is 19.1 Å². The highest BCUT2D eigenvalue weighted by molar-refractivity contribution is 6.75. The Kier molecular flexibility index (Phi) is 9.50. The molecule has 8 heteroatoms. The van der Waals surface area contributed by atoms with E-state index in [0.29, 0.717) is 18.2 Å². The van der Waals surface area contributed by atoms with Crippen LogP contribution in [0.5, 0.6) is 5.75 Å². The lowest BCUT2D eigenvalue weighted by Gasteiger charge is -2.36. The van der Waals surface area contributed by atoms with Crippen molar-refractivity contribution in [3.05, 3.63) is 76.9 Å². The van der Waals surface area contributed by atoms with E-state index in [0.717, 1.165) is 44.1 Å². The van der Waals surface area contributed by atoms with Gasteiger partial charge in [-0.25, -0.2) is 22.0 Å². The Labute approximate surface area is 209 Å². The largest absolute Gasteiger partial charge is 0.539 e. The van der Waals surface area contributed by atoms with Crippen molar-refractivity contribution in [2.45, 2.75) is 76.9 Å². The Morgan fingerprint density at radius 2 is 1.36 bits per heavy atom. The molecule has 0 aliphatic heterocycles. The van der Waals surface area contributed by atoms with E-state index in [1.54, 1.807) is 0 Å². The van der Waals surface area contributed by atoms with Crippen molar-refractivity contribution in [3.8, 4) is 5.75 Å². The van der Waals surface area contributed by atoms with E-state index >= 15 is 8.78 Å². The summed E-state index contributed by atoms with van der Waals surface area (Å²) in [4.78, 5) is 0. The van der Waals surface area contributed by atoms with Gasteiger partial charge in [-0.1, -0.05) is 89.6 Å². The number of hydrogen-bond acceptors (Lipinski definition) is 1. The summed E-state index contributed by atoms with van der Waals surface area (Å²) >= 11 is 0. The zero-order valence-electron chi connectivity index (χ0n) is 20.9. The molecule has 0 amide bonds. The van der Waals surface area contributed by atoms with Gasteiger partial charge in [-0.15, -0.1) is 0 Å². The third kappa shape index (κ3) is 5.90. The number of benzene rings is 3. The van der Waals surface area contributed by atoms with Crippen molar-refractivity contribution in [1.82, 2.24) is 0 Å². The molecule has 0 aliphatic rings. The predicted molar refractivity (Wildman–Crippen MR) is 134 cm³/mol. The maximum Gasteiger partial charge on any atom is 0.258 e. The van der Waals surface area contributed by atoms with Crippen LogP contribution in [0.1, 0.15) is 64.9 Å². The van der Waals surface area contributed by atoms with Gasteiger partial charge in [-0.05, 0) is 23.2 Å². The third-order valence-electron chi connectivity index (χ3n) is 6.87. The van der Waals surface area contributed by atoms with Gasteiger partial charge in [0, 0.05) is 11.4 Å². The Balaban J connectivity index is 2.07. The first kappa shape index (κ1) is 28.1. The minimum absolute atomic E-state index is 0.118. The zero-order chi connectivity index (χ0) is 26.5. The molecule has 3 rings (SSSR count). The molecule has 0 aliphatic carbocycles. The van der Waals surface area contributed by atoms with E-state index in [4.69, 9.17) is 4.43 Å². The number of fused-ring (bicyclic) bond motifs is 1. The second-order valence-electron chi connectivity index (χ2n) is 9.68. The van der Waals surface area contributed by atoms with Gasteiger partial charge in [0.15, 0.2) is 34.8 Å². The average Bonchev–Trinajstić information content (AvgIpc) is 2.86. The lowest BCUT2D eigenvalue weighted by molar-refractivity contribution is 0.405. The maximum atomic E-state index is 15.5. The van der Waals surface area contributed by atoms with Gasteiger partial charge in [0.05, 0.1) is 5.39 Å². The molecular formula is C28H32F6OSi. The summed E-state index contributed by atoms with van der Waals surface area (Å²) in [5, 5.41) is -2.17. The van der Waals surface area contributed by atoms with Crippen LogP contribution in [0.25, 0.3) is 10.8 Å². The van der Waals surface area contributed by atoms with Crippen LogP contribution in [0.2, 0.25) is 11.6 Å². The molecular weight excluding hydrogens is 494 g/mol. The van der Waals surface area contributed by atoms with Crippen LogP contribution in [-0.4, -0.2) is 8.32 Å². The van der Waals surface area contributed by atoms with Crippen molar-refractivity contribution in [1.29, 1.82) is 0 Å². The topological polar surface area (TPSA) is 9.23 Å².